The van der Waals surface area contributed by atoms with Crippen molar-refractivity contribution in [3.05, 3.63) is 80.3 Å². The zero-order chi connectivity index (χ0) is 20.8. The fourth-order valence-electron chi connectivity index (χ4n) is 2.89. The zero-order valence-electron chi connectivity index (χ0n) is 15.2. The highest BCUT2D eigenvalue weighted by Gasteiger charge is 2.31. The Hall–Kier alpha value is -2.46. The largest absolute Gasteiger partial charge is 0.460 e. The molecule has 8 heteroatoms. The number of esters is 1. The van der Waals surface area contributed by atoms with Crippen LogP contribution in [0.25, 0.3) is 0 Å². The second-order valence-corrected chi connectivity index (χ2v) is 8.09. The van der Waals surface area contributed by atoms with Crippen molar-refractivity contribution in [2.75, 3.05) is 5.75 Å². The highest BCUT2D eigenvalue weighted by molar-refractivity contribution is 8.03. The average Bonchev–Trinajstić information content (AvgIpc) is 2.71. The summed E-state index contributed by atoms with van der Waals surface area (Å²) < 4.78 is 5.24. The summed E-state index contributed by atoms with van der Waals surface area (Å²) in [5, 5.41) is 13.6. The lowest BCUT2D eigenvalue weighted by Crippen LogP contribution is -2.31. The molecular weight excluding hydrogens is 431 g/mol. The molecule has 0 bridgehead atoms. The number of hydrogen-bond donors (Lipinski definition) is 1. The third-order valence-electron chi connectivity index (χ3n) is 4.27. The van der Waals surface area contributed by atoms with Crippen molar-refractivity contribution in [1.29, 1.82) is 5.26 Å². The number of hydrogen-bond acceptors (Lipinski definition) is 5. The summed E-state index contributed by atoms with van der Waals surface area (Å²) in [6.07, 6.45) is 0.0900. The summed E-state index contributed by atoms with van der Waals surface area (Å²) in [6.45, 7) is 0.166. The Bertz CT molecular complexity index is 1000. The van der Waals surface area contributed by atoms with Crippen molar-refractivity contribution in [2.45, 2.75) is 18.9 Å². The van der Waals surface area contributed by atoms with E-state index in [2.05, 4.69) is 11.4 Å². The number of carbonyl (C=O) groups is 2. The van der Waals surface area contributed by atoms with E-state index in [0.717, 1.165) is 17.3 Å². The Labute approximate surface area is 182 Å². The van der Waals surface area contributed by atoms with Gasteiger partial charge in [-0.1, -0.05) is 71.4 Å². The molecule has 0 aromatic heterocycles. The van der Waals surface area contributed by atoms with Gasteiger partial charge >= 0.3 is 5.97 Å². The van der Waals surface area contributed by atoms with E-state index in [-0.39, 0.29) is 24.7 Å². The van der Waals surface area contributed by atoms with Gasteiger partial charge in [0, 0.05) is 22.4 Å². The van der Waals surface area contributed by atoms with E-state index >= 15 is 0 Å². The van der Waals surface area contributed by atoms with Crippen molar-refractivity contribution in [1.82, 2.24) is 5.32 Å². The number of halogens is 2. The van der Waals surface area contributed by atoms with Crippen LogP contribution in [0.1, 0.15) is 23.5 Å². The van der Waals surface area contributed by atoms with Crippen LogP contribution in [-0.2, 0) is 20.9 Å². The van der Waals surface area contributed by atoms with E-state index < -0.39 is 11.9 Å². The van der Waals surface area contributed by atoms with Crippen molar-refractivity contribution < 1.29 is 14.3 Å². The minimum atomic E-state index is -0.499. The average molecular weight is 447 g/mol. The molecule has 0 saturated carbocycles. The maximum atomic E-state index is 12.2. The van der Waals surface area contributed by atoms with Crippen LogP contribution in [0, 0.1) is 11.3 Å². The van der Waals surface area contributed by atoms with E-state index in [1.165, 1.54) is 0 Å². The number of allylic oxidation sites excluding steroid dienone is 1. The van der Waals surface area contributed by atoms with Gasteiger partial charge in [0.2, 0.25) is 5.91 Å². The molecule has 0 radical (unpaired) electrons. The summed E-state index contributed by atoms with van der Waals surface area (Å²) in [4.78, 5) is 24.3. The number of thioether (sulfide) groups is 1. The van der Waals surface area contributed by atoms with Crippen LogP contribution in [0.15, 0.2) is 59.1 Å². The van der Waals surface area contributed by atoms with Crippen LogP contribution < -0.4 is 5.32 Å². The molecule has 0 spiro atoms. The van der Waals surface area contributed by atoms with Crippen LogP contribution in [0.5, 0.6) is 0 Å². The molecule has 1 heterocycles. The topological polar surface area (TPSA) is 79.2 Å². The van der Waals surface area contributed by atoms with Gasteiger partial charge in [-0.25, -0.2) is 0 Å². The van der Waals surface area contributed by atoms with E-state index in [9.17, 15) is 14.9 Å². The molecule has 5 nitrogen and oxygen atoms in total. The van der Waals surface area contributed by atoms with E-state index in [1.54, 1.807) is 18.2 Å². The lowest BCUT2D eigenvalue weighted by Gasteiger charge is -2.25. The molecule has 1 N–H and O–H groups in total. The molecule has 0 aliphatic carbocycles. The Balaban J connectivity index is 1.72. The first kappa shape index (κ1) is 21.3. The van der Waals surface area contributed by atoms with Gasteiger partial charge in [0.1, 0.15) is 6.61 Å². The summed E-state index contributed by atoms with van der Waals surface area (Å²) >= 11 is 13.3. The molecule has 2 aromatic rings. The first-order valence-electron chi connectivity index (χ1n) is 8.69. The molecular formula is C21H16Cl2N2O3S. The third-order valence-corrected chi connectivity index (χ3v) is 5.82. The highest BCUT2D eigenvalue weighted by Crippen LogP contribution is 2.39. The molecule has 0 fully saturated rings. The molecule has 2 aromatic carbocycles. The van der Waals surface area contributed by atoms with Gasteiger partial charge in [-0.15, -0.1) is 0 Å². The smallest absolute Gasteiger partial charge is 0.316 e. The maximum Gasteiger partial charge on any atom is 0.316 e. The van der Waals surface area contributed by atoms with Crippen molar-refractivity contribution in [3.8, 4) is 6.07 Å². The molecule has 0 saturated heterocycles. The van der Waals surface area contributed by atoms with Gasteiger partial charge in [0.25, 0.3) is 0 Å². The number of rotatable bonds is 6. The number of nitrogens with one attached hydrogen (secondary N) is 1. The number of ether oxygens (including phenoxy) is 1. The lowest BCUT2D eigenvalue weighted by atomic mass is 9.87. The predicted octanol–water partition coefficient (Wildman–Crippen LogP) is 4.81. The first-order valence-corrected chi connectivity index (χ1v) is 10.4. The minimum absolute atomic E-state index is 0.0330. The number of carbonyl (C=O) groups excluding carboxylic acids is 2. The summed E-state index contributed by atoms with van der Waals surface area (Å²) in [6, 6.07) is 16.4. The highest BCUT2D eigenvalue weighted by atomic mass is 35.5. The molecule has 0 unspecified atom stereocenters. The Morgan fingerprint density at radius 2 is 2.00 bits per heavy atom. The van der Waals surface area contributed by atoms with Crippen molar-refractivity contribution in [3.63, 3.8) is 0 Å². The quantitative estimate of drug-likeness (QED) is 0.643. The molecule has 1 amide bonds. The molecule has 148 valence electrons. The molecule has 1 atom stereocenters. The van der Waals surface area contributed by atoms with Gasteiger partial charge in [-0.3, -0.25) is 9.59 Å². The predicted molar refractivity (Wildman–Crippen MR) is 113 cm³/mol. The number of benzene rings is 2. The van der Waals surface area contributed by atoms with Gasteiger partial charge < -0.3 is 10.1 Å². The van der Waals surface area contributed by atoms with Crippen molar-refractivity contribution >= 4 is 46.8 Å². The van der Waals surface area contributed by atoms with Gasteiger partial charge in [0.05, 0.1) is 22.4 Å². The van der Waals surface area contributed by atoms with Gasteiger partial charge in [-0.05, 0) is 23.3 Å². The normalized spacial score (nSPS) is 16.2. The fourth-order valence-corrected chi connectivity index (χ4v) is 4.31. The SMILES string of the molecule is N#CC1=C(SCC(=O)OCc2ccccc2)NC(=O)C[C@@H]1c1ccc(Cl)cc1Cl. The van der Waals surface area contributed by atoms with Crippen LogP contribution >= 0.6 is 35.0 Å². The van der Waals surface area contributed by atoms with Gasteiger partial charge in [0.15, 0.2) is 0 Å². The van der Waals surface area contributed by atoms with E-state index in [4.69, 9.17) is 27.9 Å². The number of amides is 1. The molecule has 3 rings (SSSR count). The summed E-state index contributed by atoms with van der Waals surface area (Å²) in [5.41, 5.74) is 1.88. The number of nitriles is 1. The second kappa shape index (κ2) is 9.84. The lowest BCUT2D eigenvalue weighted by molar-refractivity contribution is -0.141. The minimum Gasteiger partial charge on any atom is -0.460 e. The molecule has 1 aliphatic heterocycles. The monoisotopic (exact) mass is 446 g/mol. The van der Waals surface area contributed by atoms with Crippen molar-refractivity contribution in [2.24, 2.45) is 0 Å². The second-order valence-electron chi connectivity index (χ2n) is 6.26. The van der Waals surface area contributed by atoms with Crippen LogP contribution in [-0.4, -0.2) is 17.6 Å². The van der Waals surface area contributed by atoms with Crippen LogP contribution in [0.4, 0.5) is 0 Å². The standard InChI is InChI=1S/C21H16Cl2N2O3S/c22-14-6-7-15(18(23)8-14)16-9-19(26)25-21(17(16)10-24)29-12-20(27)28-11-13-4-2-1-3-5-13/h1-8,16H,9,11-12H2,(H,25,26)/t16-/m1/s1. The zero-order valence-corrected chi connectivity index (χ0v) is 17.5. The fraction of sp³-hybridized carbons (Fsp3) is 0.190. The Morgan fingerprint density at radius 1 is 1.24 bits per heavy atom. The molecule has 1 aliphatic rings. The Morgan fingerprint density at radius 3 is 2.69 bits per heavy atom. The van der Waals surface area contributed by atoms with Crippen LogP contribution in [0.3, 0.4) is 0 Å². The van der Waals surface area contributed by atoms with Gasteiger partial charge in [-0.2, -0.15) is 5.26 Å². The third kappa shape index (κ3) is 5.54. The Kier molecular flexibility index (Phi) is 7.21. The first-order chi connectivity index (χ1) is 14.0. The number of nitrogens with zero attached hydrogens (tertiary/aromatic N) is 1. The molecule has 29 heavy (non-hydrogen) atoms. The summed E-state index contributed by atoms with van der Waals surface area (Å²) in [7, 11) is 0. The van der Waals surface area contributed by atoms with E-state index in [0.29, 0.717) is 26.2 Å². The summed E-state index contributed by atoms with van der Waals surface area (Å²) in [5.74, 6) is -1.22. The van der Waals surface area contributed by atoms with E-state index in [1.807, 2.05) is 30.3 Å². The maximum absolute atomic E-state index is 12.2. The van der Waals surface area contributed by atoms with Crippen LogP contribution in [0.2, 0.25) is 10.0 Å².